The lowest BCUT2D eigenvalue weighted by molar-refractivity contribution is -0.143. The van der Waals surface area contributed by atoms with Crippen LogP contribution in [0.3, 0.4) is 0 Å². The summed E-state index contributed by atoms with van der Waals surface area (Å²) < 4.78 is 5.58. The summed E-state index contributed by atoms with van der Waals surface area (Å²) in [6.07, 6.45) is 0.523. The summed E-state index contributed by atoms with van der Waals surface area (Å²) in [6, 6.07) is 20.0. The lowest BCUT2D eigenvalue weighted by Gasteiger charge is -2.17. The summed E-state index contributed by atoms with van der Waals surface area (Å²) in [6.45, 7) is 0.252. The van der Waals surface area contributed by atoms with E-state index in [0.29, 0.717) is 6.42 Å². The molecule has 5 nitrogen and oxygen atoms in total. The fraction of sp³-hybridized carbons (Fsp3) is 0.250. The summed E-state index contributed by atoms with van der Waals surface area (Å²) in [5.41, 5.74) is 4.70. The minimum atomic E-state index is -0.892. The number of fused-ring (bicyclic) bond motifs is 3. The average Bonchev–Trinajstić information content (AvgIpc) is 3.36. The quantitative estimate of drug-likeness (QED) is 0.509. The molecule has 1 unspecified atom stereocenters. The molecule has 0 bridgehead atoms. The highest BCUT2D eigenvalue weighted by atomic mass is 32.1. The molecule has 1 aliphatic carbocycles. The molecule has 6 heteroatoms. The summed E-state index contributed by atoms with van der Waals surface area (Å²) in [4.78, 5) is 24.6. The number of nitrogens with one attached hydrogen (secondary N) is 1. The molecule has 4 rings (SSSR count). The second-order valence-corrected chi connectivity index (χ2v) is 8.40. The van der Waals surface area contributed by atoms with Crippen molar-refractivity contribution in [3.05, 3.63) is 82.0 Å². The van der Waals surface area contributed by atoms with E-state index in [1.165, 1.54) is 22.3 Å². The van der Waals surface area contributed by atoms with E-state index < -0.39 is 5.97 Å². The predicted octanol–water partition coefficient (Wildman–Crippen LogP) is 4.08. The van der Waals surface area contributed by atoms with Crippen LogP contribution in [-0.2, 0) is 20.7 Å². The van der Waals surface area contributed by atoms with Gasteiger partial charge < -0.3 is 15.2 Å². The maximum atomic E-state index is 12.4. The standard InChI is InChI=1S/C24H23NO4S/c26-23(27)13-16(12-17-6-5-11-30-17)25-14-24(28)29-15-22-20-9-3-1-7-18(20)19-8-2-4-10-21(19)22/h1-11,16,22,25H,12-15H2,(H,26,27). The van der Waals surface area contributed by atoms with Gasteiger partial charge in [-0.1, -0.05) is 54.6 Å². The molecule has 0 amide bonds. The number of hydrogen-bond donors (Lipinski definition) is 2. The lowest BCUT2D eigenvalue weighted by atomic mass is 9.98. The largest absolute Gasteiger partial charge is 0.481 e. The zero-order chi connectivity index (χ0) is 20.9. The Morgan fingerprint density at radius 3 is 2.27 bits per heavy atom. The first-order valence-electron chi connectivity index (χ1n) is 9.93. The fourth-order valence-corrected chi connectivity index (χ4v) is 4.78. The summed E-state index contributed by atoms with van der Waals surface area (Å²) in [7, 11) is 0. The van der Waals surface area contributed by atoms with Gasteiger partial charge in [-0.25, -0.2) is 0 Å². The third-order valence-electron chi connectivity index (χ3n) is 5.36. The second-order valence-electron chi connectivity index (χ2n) is 7.37. The van der Waals surface area contributed by atoms with Gasteiger partial charge in [-0.2, -0.15) is 0 Å². The molecule has 1 aromatic heterocycles. The molecular weight excluding hydrogens is 398 g/mol. The Balaban J connectivity index is 1.36. The second kappa shape index (κ2) is 9.24. The van der Waals surface area contributed by atoms with Gasteiger partial charge in [0.1, 0.15) is 6.61 Å². The molecule has 30 heavy (non-hydrogen) atoms. The van der Waals surface area contributed by atoms with Crippen molar-refractivity contribution in [2.75, 3.05) is 13.2 Å². The first-order valence-corrected chi connectivity index (χ1v) is 10.8. The van der Waals surface area contributed by atoms with E-state index in [-0.39, 0.29) is 37.5 Å². The molecular formula is C24H23NO4S. The van der Waals surface area contributed by atoms with Gasteiger partial charge in [-0.3, -0.25) is 9.59 Å². The highest BCUT2D eigenvalue weighted by Gasteiger charge is 2.29. The third kappa shape index (κ3) is 4.61. The highest BCUT2D eigenvalue weighted by Crippen LogP contribution is 2.44. The van der Waals surface area contributed by atoms with Crippen molar-refractivity contribution in [2.24, 2.45) is 0 Å². The van der Waals surface area contributed by atoms with Crippen LogP contribution in [0.2, 0.25) is 0 Å². The van der Waals surface area contributed by atoms with Crippen LogP contribution in [-0.4, -0.2) is 36.2 Å². The Morgan fingerprint density at radius 2 is 1.67 bits per heavy atom. The molecule has 0 fully saturated rings. The molecule has 154 valence electrons. The normalized spacial score (nSPS) is 13.5. The summed E-state index contributed by atoms with van der Waals surface area (Å²) in [5, 5.41) is 14.2. The van der Waals surface area contributed by atoms with Crippen LogP contribution >= 0.6 is 11.3 Å². The van der Waals surface area contributed by atoms with Gasteiger partial charge in [0.05, 0.1) is 13.0 Å². The van der Waals surface area contributed by atoms with Gasteiger partial charge >= 0.3 is 11.9 Å². The maximum absolute atomic E-state index is 12.4. The number of carboxylic acid groups (broad SMARTS) is 1. The van der Waals surface area contributed by atoms with Crippen molar-refractivity contribution >= 4 is 23.3 Å². The molecule has 1 aliphatic rings. The number of carboxylic acids is 1. The van der Waals surface area contributed by atoms with Gasteiger partial charge in [0.15, 0.2) is 0 Å². The van der Waals surface area contributed by atoms with Crippen LogP contribution in [0.15, 0.2) is 66.0 Å². The number of rotatable bonds is 9. The first-order chi connectivity index (χ1) is 14.6. The molecule has 0 saturated carbocycles. The van der Waals surface area contributed by atoms with Crippen LogP contribution in [0, 0.1) is 0 Å². The van der Waals surface area contributed by atoms with Gasteiger partial charge in [0.2, 0.25) is 0 Å². The number of esters is 1. The van der Waals surface area contributed by atoms with Crippen LogP contribution in [0.25, 0.3) is 11.1 Å². The van der Waals surface area contributed by atoms with Crippen LogP contribution in [0.4, 0.5) is 0 Å². The van der Waals surface area contributed by atoms with Crippen LogP contribution < -0.4 is 5.32 Å². The van der Waals surface area contributed by atoms with Gasteiger partial charge in [0, 0.05) is 16.8 Å². The van der Waals surface area contributed by atoms with Crippen molar-refractivity contribution in [3.8, 4) is 11.1 Å². The van der Waals surface area contributed by atoms with E-state index >= 15 is 0 Å². The molecule has 0 radical (unpaired) electrons. The molecule has 2 aromatic carbocycles. The third-order valence-corrected chi connectivity index (χ3v) is 6.26. The van der Waals surface area contributed by atoms with Crippen molar-refractivity contribution in [3.63, 3.8) is 0 Å². The Hall–Kier alpha value is -2.96. The number of carbonyl (C=O) groups is 2. The minimum Gasteiger partial charge on any atom is -0.481 e. The highest BCUT2D eigenvalue weighted by molar-refractivity contribution is 7.09. The Kier molecular flexibility index (Phi) is 6.26. The zero-order valence-corrected chi connectivity index (χ0v) is 17.2. The molecule has 3 aromatic rings. The molecule has 1 atom stereocenters. The van der Waals surface area contributed by atoms with Crippen LogP contribution in [0.5, 0.6) is 0 Å². The lowest BCUT2D eigenvalue weighted by Crippen LogP contribution is -2.37. The van der Waals surface area contributed by atoms with E-state index in [2.05, 4.69) is 29.6 Å². The fourth-order valence-electron chi connectivity index (χ4n) is 3.99. The SMILES string of the molecule is O=C(O)CC(Cc1cccs1)NCC(=O)OCC1c2ccccc2-c2ccccc21. The van der Waals surface area contributed by atoms with Crippen molar-refractivity contribution < 1.29 is 19.4 Å². The minimum absolute atomic E-state index is 0.0145. The molecule has 0 spiro atoms. The molecule has 0 aliphatic heterocycles. The Morgan fingerprint density at radius 1 is 1.00 bits per heavy atom. The number of carbonyl (C=O) groups excluding carboxylic acids is 1. The van der Waals surface area contributed by atoms with E-state index in [4.69, 9.17) is 9.84 Å². The predicted molar refractivity (Wildman–Crippen MR) is 117 cm³/mol. The Bertz CT molecular complexity index is 986. The van der Waals surface area contributed by atoms with Gasteiger partial charge in [-0.15, -0.1) is 11.3 Å². The number of ether oxygens (including phenoxy) is 1. The molecule has 1 heterocycles. The van der Waals surface area contributed by atoms with Gasteiger partial charge in [0.25, 0.3) is 0 Å². The van der Waals surface area contributed by atoms with Crippen LogP contribution in [0.1, 0.15) is 28.3 Å². The maximum Gasteiger partial charge on any atom is 0.319 e. The van der Waals surface area contributed by atoms with E-state index in [0.717, 1.165) is 4.88 Å². The smallest absolute Gasteiger partial charge is 0.319 e. The Labute approximate surface area is 179 Å². The summed E-state index contributed by atoms with van der Waals surface area (Å²) >= 11 is 1.58. The number of thiophene rings is 1. The average molecular weight is 422 g/mol. The van der Waals surface area contributed by atoms with E-state index in [1.54, 1.807) is 11.3 Å². The van der Waals surface area contributed by atoms with E-state index in [1.807, 2.05) is 41.8 Å². The molecule has 2 N–H and O–H groups in total. The monoisotopic (exact) mass is 421 g/mol. The van der Waals surface area contributed by atoms with E-state index in [9.17, 15) is 9.59 Å². The number of benzene rings is 2. The van der Waals surface area contributed by atoms with Crippen molar-refractivity contribution in [2.45, 2.75) is 24.8 Å². The number of hydrogen-bond acceptors (Lipinski definition) is 5. The van der Waals surface area contributed by atoms with Gasteiger partial charge in [-0.05, 0) is 40.1 Å². The topological polar surface area (TPSA) is 75.6 Å². The first kappa shape index (κ1) is 20.3. The van der Waals surface area contributed by atoms with Crippen molar-refractivity contribution in [1.82, 2.24) is 5.32 Å². The zero-order valence-electron chi connectivity index (χ0n) is 16.4. The number of aliphatic carboxylic acids is 1. The molecule has 0 saturated heterocycles. The van der Waals surface area contributed by atoms with Crippen molar-refractivity contribution in [1.29, 1.82) is 0 Å². The summed E-state index contributed by atoms with van der Waals surface area (Å²) in [5.74, 6) is -1.25.